The minimum absolute atomic E-state index is 0.300. The molecule has 2 atom stereocenters. The first-order valence-corrected chi connectivity index (χ1v) is 8.74. The Morgan fingerprint density at radius 2 is 1.93 bits per heavy atom. The fourth-order valence-corrected chi connectivity index (χ4v) is 4.82. The molecule has 0 aliphatic heterocycles. The lowest BCUT2D eigenvalue weighted by Crippen LogP contribution is -2.11. The van der Waals surface area contributed by atoms with E-state index in [2.05, 4.69) is 20.8 Å². The van der Waals surface area contributed by atoms with E-state index in [-0.39, 0.29) is 0 Å². The Labute approximate surface area is 103 Å². The number of hydrogen-bond acceptors (Lipinski definition) is 2. The highest BCUT2D eigenvalue weighted by Crippen LogP contribution is 2.60. The summed E-state index contributed by atoms with van der Waals surface area (Å²) in [5, 5.41) is 0. The summed E-state index contributed by atoms with van der Waals surface area (Å²) in [6, 6.07) is 0. The van der Waals surface area contributed by atoms with Crippen LogP contribution in [0, 0.1) is 0 Å². The third kappa shape index (κ3) is 4.37. The van der Waals surface area contributed by atoms with Crippen LogP contribution in [0.25, 0.3) is 0 Å². The van der Waals surface area contributed by atoms with Gasteiger partial charge in [-0.2, -0.15) is 0 Å². The lowest BCUT2D eigenvalue weighted by molar-refractivity contribution is 0.336. The molecule has 0 saturated carbocycles. The summed E-state index contributed by atoms with van der Waals surface area (Å²) in [5.41, 5.74) is 0.300. The maximum Gasteiger partial charge on any atom is 0.158 e. The van der Waals surface area contributed by atoms with Crippen LogP contribution >= 0.6 is 29.5 Å². The summed E-state index contributed by atoms with van der Waals surface area (Å²) in [6.07, 6.45) is 1.05. The van der Waals surface area contributed by atoms with Gasteiger partial charge in [-0.3, -0.25) is 0 Å². The van der Waals surface area contributed by atoms with Crippen LogP contribution in [0.2, 0.25) is 0 Å². The van der Waals surface area contributed by atoms with Gasteiger partial charge < -0.3 is 4.52 Å². The van der Waals surface area contributed by atoms with Crippen LogP contribution < -0.4 is 0 Å². The van der Waals surface area contributed by atoms with E-state index in [1.54, 1.807) is 0 Å². The lowest BCUT2D eigenvalue weighted by atomic mass is 10.4. The Kier molecular flexibility index (Phi) is 8.10. The van der Waals surface area contributed by atoms with E-state index in [4.69, 9.17) is 39.5 Å². The highest BCUT2D eigenvalue weighted by molar-refractivity contribution is 8.14. The molecule has 0 aliphatic rings. The maximum atomic E-state index is 5.92. The van der Waals surface area contributed by atoms with Crippen LogP contribution in [-0.4, -0.2) is 16.8 Å². The molecule has 0 spiro atoms. The Hall–Kier alpha value is 1.19. The molecular formula is C9H19Cl2OPS. The van der Waals surface area contributed by atoms with Gasteiger partial charge in [-0.05, 0) is 12.8 Å². The molecule has 0 unspecified atom stereocenters. The van der Waals surface area contributed by atoms with E-state index in [0.29, 0.717) is 12.3 Å². The number of rotatable bonds is 7. The largest absolute Gasteiger partial charge is 0.348 e. The second-order valence-corrected chi connectivity index (χ2v) is 9.73. The van der Waals surface area contributed by atoms with Crippen LogP contribution in [0.3, 0.4) is 0 Å². The molecule has 0 aromatic heterocycles. The molecule has 0 aliphatic carbocycles. The Balaban J connectivity index is 4.33. The minimum atomic E-state index is -2.05. The Morgan fingerprint density at radius 3 is 2.29 bits per heavy atom. The van der Waals surface area contributed by atoms with Crippen LogP contribution in [0.1, 0.15) is 40.0 Å². The van der Waals surface area contributed by atoms with Gasteiger partial charge in [0.1, 0.15) is 6.26 Å². The molecule has 0 bridgehead atoms. The summed E-state index contributed by atoms with van der Waals surface area (Å²) >= 11 is 17.3. The Bertz CT molecular complexity index is 199. The first-order valence-electron chi connectivity index (χ1n) is 5.01. The van der Waals surface area contributed by atoms with E-state index < -0.39 is 10.8 Å². The summed E-state index contributed by atoms with van der Waals surface area (Å²) in [7, 11) is 0. The van der Waals surface area contributed by atoms with Gasteiger partial charge in [-0.25, -0.2) is 0 Å². The van der Waals surface area contributed by atoms with Gasteiger partial charge in [-0.1, -0.05) is 62.2 Å². The lowest BCUT2D eigenvalue weighted by Gasteiger charge is -2.28. The number of halogens is 2. The second kappa shape index (κ2) is 7.46. The third-order valence-corrected chi connectivity index (χ3v) is 9.45. The molecule has 86 valence electrons. The zero-order valence-electron chi connectivity index (χ0n) is 9.00. The number of unbranched alkanes of at least 4 members (excludes halogenated alkanes) is 1. The van der Waals surface area contributed by atoms with E-state index in [1.807, 2.05) is 0 Å². The van der Waals surface area contributed by atoms with Crippen molar-refractivity contribution in [2.45, 2.75) is 50.3 Å². The normalized spacial score (nSPS) is 18.1. The molecule has 5 heteroatoms. The molecule has 0 rings (SSSR count). The van der Waals surface area contributed by atoms with Crippen molar-refractivity contribution in [3.05, 3.63) is 0 Å². The fourth-order valence-electron chi connectivity index (χ4n) is 0.982. The summed E-state index contributed by atoms with van der Waals surface area (Å²) in [4.78, 5) is 0. The molecule has 0 aromatic carbocycles. The smallest absolute Gasteiger partial charge is 0.158 e. The minimum Gasteiger partial charge on any atom is -0.348 e. The topological polar surface area (TPSA) is 9.23 Å². The maximum absolute atomic E-state index is 5.92. The van der Waals surface area contributed by atoms with Gasteiger partial charge in [-0.15, -0.1) is 0 Å². The average molecular weight is 277 g/mol. The van der Waals surface area contributed by atoms with Crippen LogP contribution in [0.4, 0.5) is 0 Å². The highest BCUT2D eigenvalue weighted by Gasteiger charge is 2.31. The van der Waals surface area contributed by atoms with Crippen molar-refractivity contribution in [2.75, 3.05) is 6.61 Å². The molecule has 0 heterocycles. The summed E-state index contributed by atoms with van der Waals surface area (Å²) in [5.74, 6) is 0. The quantitative estimate of drug-likeness (QED) is 0.377. The van der Waals surface area contributed by atoms with Crippen molar-refractivity contribution in [1.29, 1.82) is 0 Å². The summed E-state index contributed by atoms with van der Waals surface area (Å²) < 4.78 is 5.21. The van der Waals surface area contributed by atoms with Crippen LogP contribution in [-0.2, 0) is 16.3 Å². The SMILES string of the molecule is CCCCO[P@@](=S)(C(Cl)Cl)[C@@H](C)CC. The van der Waals surface area contributed by atoms with Gasteiger partial charge in [0.2, 0.25) is 0 Å². The zero-order valence-corrected chi connectivity index (χ0v) is 12.2. The summed E-state index contributed by atoms with van der Waals surface area (Å²) in [6.45, 7) is 6.97. The first-order chi connectivity index (χ1) is 6.49. The van der Waals surface area contributed by atoms with Gasteiger partial charge >= 0.3 is 0 Å². The molecule has 0 aromatic rings. The van der Waals surface area contributed by atoms with E-state index in [1.165, 1.54) is 0 Å². The molecule has 0 N–H and O–H groups in total. The van der Waals surface area contributed by atoms with Crippen molar-refractivity contribution in [2.24, 2.45) is 0 Å². The van der Waals surface area contributed by atoms with Gasteiger partial charge in [0.15, 0.2) is 4.58 Å². The molecule has 0 radical (unpaired) electrons. The predicted octanol–water partition coefficient (Wildman–Crippen LogP) is 4.76. The van der Waals surface area contributed by atoms with Crippen molar-refractivity contribution in [3.63, 3.8) is 0 Å². The molecule has 0 saturated heterocycles. The van der Waals surface area contributed by atoms with Gasteiger partial charge in [0.05, 0.1) is 6.61 Å². The van der Waals surface area contributed by atoms with E-state index in [9.17, 15) is 0 Å². The fraction of sp³-hybridized carbons (Fsp3) is 1.00. The van der Waals surface area contributed by atoms with Crippen molar-refractivity contribution >= 4 is 41.3 Å². The average Bonchev–Trinajstić information content (AvgIpc) is 2.16. The monoisotopic (exact) mass is 276 g/mol. The van der Waals surface area contributed by atoms with Gasteiger partial charge in [0, 0.05) is 5.66 Å². The zero-order chi connectivity index (χ0) is 11.2. The van der Waals surface area contributed by atoms with E-state index >= 15 is 0 Å². The van der Waals surface area contributed by atoms with Crippen molar-refractivity contribution in [3.8, 4) is 0 Å². The molecule has 14 heavy (non-hydrogen) atoms. The standard InChI is InChI=1S/C9H19Cl2OPS/c1-4-6-7-12-13(14,9(10)11)8(3)5-2/h8-9H,4-7H2,1-3H3/t8-,13-/m0/s1. The van der Waals surface area contributed by atoms with Crippen molar-refractivity contribution in [1.82, 2.24) is 0 Å². The number of hydrogen-bond donors (Lipinski definition) is 0. The predicted molar refractivity (Wildman–Crippen MR) is 70.4 cm³/mol. The van der Waals surface area contributed by atoms with Crippen LogP contribution in [0.15, 0.2) is 0 Å². The molecule has 0 amide bonds. The van der Waals surface area contributed by atoms with E-state index in [0.717, 1.165) is 19.3 Å². The first kappa shape index (κ1) is 15.2. The van der Waals surface area contributed by atoms with Crippen LogP contribution in [0.5, 0.6) is 0 Å². The second-order valence-electron chi connectivity index (χ2n) is 3.37. The molecule has 0 fully saturated rings. The number of alkyl halides is 2. The van der Waals surface area contributed by atoms with Crippen molar-refractivity contribution < 1.29 is 4.52 Å². The third-order valence-electron chi connectivity index (χ3n) is 2.27. The Morgan fingerprint density at radius 1 is 1.36 bits per heavy atom. The van der Waals surface area contributed by atoms with Gasteiger partial charge in [0.25, 0.3) is 0 Å². The molecular weight excluding hydrogens is 258 g/mol. The molecule has 1 nitrogen and oxygen atoms in total. The highest BCUT2D eigenvalue weighted by atomic mass is 35.5.